The van der Waals surface area contributed by atoms with Crippen molar-refractivity contribution >= 4 is 0 Å². The van der Waals surface area contributed by atoms with Gasteiger partial charge >= 0.3 is 6.11 Å². The van der Waals surface area contributed by atoms with Gasteiger partial charge in [-0.1, -0.05) is 20.3 Å². The van der Waals surface area contributed by atoms with Crippen LogP contribution < -0.4 is 4.74 Å². The lowest BCUT2D eigenvalue weighted by Crippen LogP contribution is -2.25. The maximum absolute atomic E-state index is 14.7. The lowest BCUT2D eigenvalue weighted by atomic mass is 9.99. The smallest absolute Gasteiger partial charge is 0.429 e. The van der Waals surface area contributed by atoms with Gasteiger partial charge in [-0.2, -0.15) is 14.0 Å². The van der Waals surface area contributed by atoms with Crippen molar-refractivity contribution in [1.29, 1.82) is 5.26 Å². The summed E-state index contributed by atoms with van der Waals surface area (Å²) >= 11 is 0. The first kappa shape index (κ1) is 28.9. The zero-order chi connectivity index (χ0) is 28.2. The van der Waals surface area contributed by atoms with E-state index in [4.69, 9.17) is 10.00 Å². The topological polar surface area (TPSA) is 42.2 Å². The summed E-state index contributed by atoms with van der Waals surface area (Å²) in [5, 5.41) is 8.65. The molecular weight excluding hydrogens is 522 g/mol. The molecule has 0 aliphatic carbocycles. The van der Waals surface area contributed by atoms with E-state index in [0.29, 0.717) is 6.61 Å². The molecule has 0 radical (unpaired) electrons. The van der Waals surface area contributed by atoms with Crippen molar-refractivity contribution in [3.05, 3.63) is 88.0 Å². The Labute approximate surface area is 213 Å². The first-order valence-corrected chi connectivity index (χ1v) is 11.4. The van der Waals surface area contributed by atoms with E-state index < -0.39 is 69.0 Å². The second-order valence-electron chi connectivity index (χ2n) is 8.65. The van der Waals surface area contributed by atoms with E-state index in [1.54, 1.807) is 0 Å². The number of nitriles is 1. The Hall–Kier alpha value is -3.65. The number of hydrogen-bond donors (Lipinski definition) is 0. The van der Waals surface area contributed by atoms with Crippen molar-refractivity contribution in [2.75, 3.05) is 6.61 Å². The predicted molar refractivity (Wildman–Crippen MR) is 121 cm³/mol. The molecule has 0 aromatic heterocycles. The minimum atomic E-state index is -4.80. The fourth-order valence-electron chi connectivity index (χ4n) is 3.85. The van der Waals surface area contributed by atoms with E-state index >= 15 is 0 Å². The molecule has 0 fully saturated rings. The van der Waals surface area contributed by atoms with E-state index in [0.717, 1.165) is 25.0 Å². The average Bonchev–Trinajstić information content (AvgIpc) is 2.77. The maximum atomic E-state index is 14.7. The number of ether oxygens (including phenoxy) is 2. The summed E-state index contributed by atoms with van der Waals surface area (Å²) in [7, 11) is 0. The molecule has 11 heteroatoms. The van der Waals surface area contributed by atoms with Gasteiger partial charge in [0, 0.05) is 18.7 Å². The Bertz CT molecular complexity index is 1300. The number of nitrogens with zero attached hydrogens (tertiary/aromatic N) is 1. The molecule has 0 amide bonds. The standard InChI is InChI=1S/C27H21F8NO2/c1-3-4-14(2)12-37-13-15-5-21(30)25(22(31)6-15)16-7-23(32)26(24(33)8-16)27(34,35)38-17-9-19(28)18(11-36)20(29)10-17/h5-10,14H,3-4,12-13H2,1-2H3. The number of hydrogen-bond acceptors (Lipinski definition) is 3. The minimum absolute atomic E-state index is 0.117. The van der Waals surface area contributed by atoms with E-state index in [1.807, 2.05) is 13.8 Å². The fraction of sp³-hybridized carbons (Fsp3) is 0.296. The molecule has 3 rings (SSSR count). The van der Waals surface area contributed by atoms with Crippen LogP contribution in [0.5, 0.6) is 5.75 Å². The molecule has 0 spiro atoms. The van der Waals surface area contributed by atoms with Gasteiger partial charge in [-0.05, 0) is 47.7 Å². The zero-order valence-corrected chi connectivity index (χ0v) is 20.2. The highest BCUT2D eigenvalue weighted by molar-refractivity contribution is 5.66. The van der Waals surface area contributed by atoms with Gasteiger partial charge < -0.3 is 9.47 Å². The number of rotatable bonds is 10. The van der Waals surface area contributed by atoms with Gasteiger partial charge in [0.15, 0.2) is 0 Å². The Morgan fingerprint density at radius 1 is 0.842 bits per heavy atom. The molecule has 1 unspecified atom stereocenters. The van der Waals surface area contributed by atoms with Gasteiger partial charge in [-0.3, -0.25) is 0 Å². The highest BCUT2D eigenvalue weighted by Gasteiger charge is 2.41. The Balaban J connectivity index is 1.88. The van der Waals surface area contributed by atoms with Crippen LogP contribution in [-0.4, -0.2) is 6.61 Å². The average molecular weight is 543 g/mol. The highest BCUT2D eigenvalue weighted by atomic mass is 19.3. The molecule has 0 bridgehead atoms. The van der Waals surface area contributed by atoms with Crippen LogP contribution >= 0.6 is 0 Å². The first-order chi connectivity index (χ1) is 17.9. The van der Waals surface area contributed by atoms with Crippen molar-refractivity contribution in [2.24, 2.45) is 5.92 Å². The lowest BCUT2D eigenvalue weighted by Gasteiger charge is -2.20. The van der Waals surface area contributed by atoms with Crippen LogP contribution in [0.2, 0.25) is 0 Å². The van der Waals surface area contributed by atoms with Crippen molar-refractivity contribution in [3.63, 3.8) is 0 Å². The third kappa shape index (κ3) is 6.42. The molecule has 3 nitrogen and oxygen atoms in total. The molecule has 1 atom stereocenters. The van der Waals surface area contributed by atoms with Crippen molar-refractivity contribution < 1.29 is 44.6 Å². The molecule has 3 aromatic carbocycles. The van der Waals surface area contributed by atoms with Crippen molar-refractivity contribution in [2.45, 2.75) is 39.4 Å². The minimum Gasteiger partial charge on any atom is -0.429 e. The summed E-state index contributed by atoms with van der Waals surface area (Å²) < 4.78 is 125. The van der Waals surface area contributed by atoms with Gasteiger partial charge in [0.25, 0.3) is 0 Å². The maximum Gasteiger partial charge on any atom is 0.432 e. The van der Waals surface area contributed by atoms with Crippen LogP contribution in [0, 0.1) is 52.2 Å². The van der Waals surface area contributed by atoms with Crippen molar-refractivity contribution in [1.82, 2.24) is 0 Å². The molecule has 38 heavy (non-hydrogen) atoms. The van der Waals surface area contributed by atoms with Crippen LogP contribution in [0.1, 0.15) is 43.4 Å². The quantitative estimate of drug-likeness (QED) is 0.243. The number of alkyl halides is 2. The van der Waals surface area contributed by atoms with E-state index in [1.165, 1.54) is 6.07 Å². The van der Waals surface area contributed by atoms with E-state index in [2.05, 4.69) is 4.74 Å². The summed E-state index contributed by atoms with van der Waals surface area (Å²) in [6, 6.07) is 4.01. The molecule has 0 aliphatic rings. The molecule has 0 N–H and O–H groups in total. The van der Waals surface area contributed by atoms with Crippen LogP contribution in [0.25, 0.3) is 11.1 Å². The second kappa shape index (κ2) is 11.8. The monoisotopic (exact) mass is 543 g/mol. The molecule has 3 aromatic rings. The largest absolute Gasteiger partial charge is 0.432 e. The molecule has 0 saturated carbocycles. The molecular formula is C27H21F8NO2. The van der Waals surface area contributed by atoms with E-state index in [9.17, 15) is 35.1 Å². The SMILES string of the molecule is CCCC(C)COCc1cc(F)c(-c2cc(F)c(C(F)(F)Oc3cc(F)c(C#N)c(F)c3)c(F)c2)c(F)c1. The Kier molecular flexibility index (Phi) is 8.99. The lowest BCUT2D eigenvalue weighted by molar-refractivity contribution is -0.189. The summed E-state index contributed by atoms with van der Waals surface area (Å²) in [6.07, 6.45) is -2.95. The normalized spacial score (nSPS) is 12.3. The van der Waals surface area contributed by atoms with Crippen LogP contribution in [0.15, 0.2) is 36.4 Å². The highest BCUT2D eigenvalue weighted by Crippen LogP contribution is 2.38. The molecule has 0 heterocycles. The zero-order valence-electron chi connectivity index (χ0n) is 20.2. The summed E-state index contributed by atoms with van der Waals surface area (Å²) in [5.74, 6) is -10.3. The van der Waals surface area contributed by atoms with Gasteiger partial charge in [-0.25, -0.2) is 26.3 Å². The number of benzene rings is 3. The molecule has 0 saturated heterocycles. The first-order valence-electron chi connectivity index (χ1n) is 11.4. The molecule has 0 aliphatic heterocycles. The Morgan fingerprint density at radius 2 is 1.39 bits per heavy atom. The van der Waals surface area contributed by atoms with E-state index in [-0.39, 0.29) is 42.4 Å². The third-order valence-electron chi connectivity index (χ3n) is 5.55. The van der Waals surface area contributed by atoms with Gasteiger partial charge in [0.05, 0.1) is 12.2 Å². The van der Waals surface area contributed by atoms with Crippen LogP contribution in [0.4, 0.5) is 35.1 Å². The predicted octanol–water partition coefficient (Wildman–Crippen LogP) is 8.14. The summed E-state index contributed by atoms with van der Waals surface area (Å²) in [5.41, 5.74) is -4.49. The summed E-state index contributed by atoms with van der Waals surface area (Å²) in [6.45, 7) is 4.19. The third-order valence-corrected chi connectivity index (χ3v) is 5.55. The molecule has 202 valence electrons. The fourth-order valence-corrected chi connectivity index (χ4v) is 3.85. The van der Waals surface area contributed by atoms with Gasteiger partial charge in [-0.15, -0.1) is 0 Å². The van der Waals surface area contributed by atoms with Crippen molar-refractivity contribution in [3.8, 4) is 22.9 Å². The van der Waals surface area contributed by atoms with Gasteiger partial charge in [0.1, 0.15) is 57.8 Å². The second-order valence-corrected chi connectivity index (χ2v) is 8.65. The van der Waals surface area contributed by atoms with Crippen LogP contribution in [-0.2, 0) is 17.5 Å². The number of halogens is 8. The van der Waals surface area contributed by atoms with Gasteiger partial charge in [0.2, 0.25) is 0 Å². The Morgan fingerprint density at radius 3 is 1.89 bits per heavy atom. The summed E-state index contributed by atoms with van der Waals surface area (Å²) in [4.78, 5) is 0. The van der Waals surface area contributed by atoms with Crippen LogP contribution in [0.3, 0.4) is 0 Å².